The van der Waals surface area contributed by atoms with E-state index in [-0.39, 0.29) is 30.6 Å². The second kappa shape index (κ2) is 9.65. The molecular weight excluding hydrogens is 396 g/mol. The number of hydrogen-bond acceptors (Lipinski definition) is 3. The van der Waals surface area contributed by atoms with Crippen molar-refractivity contribution in [2.75, 3.05) is 6.54 Å². The van der Waals surface area contributed by atoms with Crippen LogP contribution in [0.2, 0.25) is 5.02 Å². The molecule has 3 rings (SSSR count). The Hall–Kier alpha value is -2.02. The van der Waals surface area contributed by atoms with Gasteiger partial charge in [-0.25, -0.2) is 8.78 Å². The van der Waals surface area contributed by atoms with Gasteiger partial charge in [-0.1, -0.05) is 29.8 Å². The van der Waals surface area contributed by atoms with Crippen molar-refractivity contribution in [2.45, 2.75) is 51.5 Å². The first-order chi connectivity index (χ1) is 13.8. The van der Waals surface area contributed by atoms with Crippen molar-refractivity contribution in [2.24, 2.45) is 0 Å². The molecule has 0 bridgehead atoms. The summed E-state index contributed by atoms with van der Waals surface area (Å²) in [7, 11) is 0. The highest BCUT2D eigenvalue weighted by Gasteiger charge is 2.36. The zero-order chi connectivity index (χ0) is 21.0. The maximum Gasteiger partial charge on any atom is 0.237 e. The van der Waals surface area contributed by atoms with Crippen molar-refractivity contribution in [3.8, 4) is 0 Å². The van der Waals surface area contributed by atoms with E-state index in [2.05, 4.69) is 15.5 Å². The standard InChI is InChI=1S/C22H26ClF2N3O/c1-14(2)27-22(29)21-10-19(26-11-16-6-7-18(24)9-20(16)25)13-28(21)12-15-4-3-5-17(23)8-15/h3-9,14,19,21,26H,10-13H2,1-2H3,(H,27,29)/t19-,21+/m1/s1. The lowest BCUT2D eigenvalue weighted by atomic mass is 10.1. The molecule has 0 saturated carbocycles. The minimum absolute atomic E-state index is 0.0145. The second-order valence-corrected chi connectivity index (χ2v) is 8.22. The Kier molecular flexibility index (Phi) is 7.22. The van der Waals surface area contributed by atoms with Crippen LogP contribution >= 0.6 is 11.6 Å². The number of likely N-dealkylation sites (tertiary alicyclic amines) is 1. The average Bonchev–Trinajstić information content (AvgIpc) is 3.03. The molecule has 2 aromatic carbocycles. The zero-order valence-electron chi connectivity index (χ0n) is 16.6. The molecule has 4 nitrogen and oxygen atoms in total. The third-order valence-electron chi connectivity index (χ3n) is 5.01. The van der Waals surface area contributed by atoms with E-state index >= 15 is 0 Å². The van der Waals surface area contributed by atoms with Crippen LogP contribution < -0.4 is 10.6 Å². The van der Waals surface area contributed by atoms with Crippen molar-refractivity contribution in [1.82, 2.24) is 15.5 Å². The number of carbonyl (C=O) groups excluding carboxylic acids is 1. The number of carbonyl (C=O) groups is 1. The SMILES string of the molecule is CC(C)NC(=O)[C@@H]1C[C@@H](NCc2ccc(F)cc2F)CN1Cc1cccc(Cl)c1. The van der Waals surface area contributed by atoms with Crippen LogP contribution in [-0.4, -0.2) is 35.5 Å². The summed E-state index contributed by atoms with van der Waals surface area (Å²) in [6.07, 6.45) is 0.613. The zero-order valence-corrected chi connectivity index (χ0v) is 17.3. The quantitative estimate of drug-likeness (QED) is 0.713. The van der Waals surface area contributed by atoms with Crippen molar-refractivity contribution >= 4 is 17.5 Å². The number of benzene rings is 2. The Morgan fingerprint density at radius 3 is 2.72 bits per heavy atom. The molecule has 156 valence electrons. The molecule has 7 heteroatoms. The summed E-state index contributed by atoms with van der Waals surface area (Å²) in [5, 5.41) is 6.96. The summed E-state index contributed by atoms with van der Waals surface area (Å²) < 4.78 is 27.0. The van der Waals surface area contributed by atoms with Crippen LogP contribution in [-0.2, 0) is 17.9 Å². The highest BCUT2D eigenvalue weighted by Crippen LogP contribution is 2.23. The van der Waals surface area contributed by atoms with Crippen LogP contribution in [0.5, 0.6) is 0 Å². The summed E-state index contributed by atoms with van der Waals surface area (Å²) in [5.74, 6) is -1.18. The molecule has 29 heavy (non-hydrogen) atoms. The van der Waals surface area contributed by atoms with Crippen LogP contribution in [0, 0.1) is 11.6 Å². The first-order valence-electron chi connectivity index (χ1n) is 9.78. The topological polar surface area (TPSA) is 44.4 Å². The molecule has 1 saturated heterocycles. The summed E-state index contributed by atoms with van der Waals surface area (Å²) in [6, 6.07) is 11.0. The molecule has 0 radical (unpaired) electrons. The van der Waals surface area contributed by atoms with Gasteiger partial charge in [0.2, 0.25) is 5.91 Å². The van der Waals surface area contributed by atoms with E-state index in [1.807, 2.05) is 38.1 Å². The first kappa shape index (κ1) is 21.7. The Labute approximate surface area is 175 Å². The van der Waals surface area contributed by atoms with Gasteiger partial charge in [0.15, 0.2) is 0 Å². The van der Waals surface area contributed by atoms with Gasteiger partial charge in [0.1, 0.15) is 11.6 Å². The Morgan fingerprint density at radius 2 is 2.03 bits per heavy atom. The maximum atomic E-state index is 13.9. The third-order valence-corrected chi connectivity index (χ3v) is 5.24. The number of nitrogens with zero attached hydrogens (tertiary/aromatic N) is 1. The highest BCUT2D eigenvalue weighted by atomic mass is 35.5. The van der Waals surface area contributed by atoms with E-state index in [9.17, 15) is 13.6 Å². The van der Waals surface area contributed by atoms with E-state index in [4.69, 9.17) is 11.6 Å². The molecule has 1 aliphatic rings. The molecule has 1 amide bonds. The lowest BCUT2D eigenvalue weighted by Gasteiger charge is -2.24. The van der Waals surface area contributed by atoms with Gasteiger partial charge in [-0.3, -0.25) is 9.69 Å². The van der Waals surface area contributed by atoms with Crippen LogP contribution in [0.1, 0.15) is 31.4 Å². The molecule has 1 heterocycles. The van der Waals surface area contributed by atoms with Crippen LogP contribution in [0.3, 0.4) is 0 Å². The number of hydrogen-bond donors (Lipinski definition) is 2. The molecule has 2 aromatic rings. The molecular formula is C22H26ClF2N3O. The second-order valence-electron chi connectivity index (χ2n) is 7.79. The summed E-state index contributed by atoms with van der Waals surface area (Å²) in [4.78, 5) is 14.8. The smallest absolute Gasteiger partial charge is 0.237 e. The fraction of sp³-hybridized carbons (Fsp3) is 0.409. The normalized spacial score (nSPS) is 19.7. The van der Waals surface area contributed by atoms with Gasteiger partial charge < -0.3 is 10.6 Å². The van der Waals surface area contributed by atoms with Gasteiger partial charge in [-0.2, -0.15) is 0 Å². The molecule has 0 aromatic heterocycles. The number of amides is 1. The fourth-order valence-corrected chi connectivity index (χ4v) is 3.88. The monoisotopic (exact) mass is 421 g/mol. The Balaban J connectivity index is 1.68. The molecule has 0 unspecified atom stereocenters. The van der Waals surface area contributed by atoms with Crippen LogP contribution in [0.25, 0.3) is 0 Å². The van der Waals surface area contributed by atoms with E-state index in [1.165, 1.54) is 12.1 Å². The van der Waals surface area contributed by atoms with Gasteiger partial charge in [0.25, 0.3) is 0 Å². The number of nitrogens with one attached hydrogen (secondary N) is 2. The van der Waals surface area contributed by atoms with Gasteiger partial charge in [0, 0.05) is 48.4 Å². The fourth-order valence-electron chi connectivity index (χ4n) is 3.67. The predicted molar refractivity (Wildman–Crippen MR) is 111 cm³/mol. The molecule has 0 aliphatic carbocycles. The minimum Gasteiger partial charge on any atom is -0.353 e. The largest absolute Gasteiger partial charge is 0.353 e. The lowest BCUT2D eigenvalue weighted by Crippen LogP contribution is -2.45. The Bertz CT molecular complexity index is 862. The minimum atomic E-state index is -0.592. The molecule has 2 atom stereocenters. The van der Waals surface area contributed by atoms with Crippen molar-refractivity contribution in [3.63, 3.8) is 0 Å². The van der Waals surface area contributed by atoms with Gasteiger partial charge in [-0.15, -0.1) is 0 Å². The molecule has 1 fully saturated rings. The first-order valence-corrected chi connectivity index (χ1v) is 10.2. The lowest BCUT2D eigenvalue weighted by molar-refractivity contribution is -0.126. The third kappa shape index (κ3) is 5.98. The van der Waals surface area contributed by atoms with Gasteiger partial charge >= 0.3 is 0 Å². The molecule has 1 aliphatic heterocycles. The molecule has 2 N–H and O–H groups in total. The van der Waals surface area contributed by atoms with Crippen LogP contribution in [0.4, 0.5) is 8.78 Å². The predicted octanol–water partition coefficient (Wildman–Crippen LogP) is 3.88. The average molecular weight is 422 g/mol. The number of halogens is 3. The van der Waals surface area contributed by atoms with E-state index in [1.54, 1.807) is 0 Å². The number of rotatable bonds is 7. The highest BCUT2D eigenvalue weighted by molar-refractivity contribution is 6.30. The van der Waals surface area contributed by atoms with E-state index in [0.29, 0.717) is 30.1 Å². The van der Waals surface area contributed by atoms with E-state index < -0.39 is 11.6 Å². The summed E-state index contributed by atoms with van der Waals surface area (Å²) >= 11 is 6.10. The summed E-state index contributed by atoms with van der Waals surface area (Å²) in [6.45, 7) is 5.38. The van der Waals surface area contributed by atoms with Crippen LogP contribution in [0.15, 0.2) is 42.5 Å². The maximum absolute atomic E-state index is 13.9. The van der Waals surface area contributed by atoms with Crippen molar-refractivity contribution in [1.29, 1.82) is 0 Å². The molecule has 0 spiro atoms. The van der Waals surface area contributed by atoms with Crippen molar-refractivity contribution < 1.29 is 13.6 Å². The van der Waals surface area contributed by atoms with E-state index in [0.717, 1.165) is 11.6 Å². The van der Waals surface area contributed by atoms with Gasteiger partial charge in [0.05, 0.1) is 6.04 Å². The summed E-state index contributed by atoms with van der Waals surface area (Å²) in [5.41, 5.74) is 1.44. The van der Waals surface area contributed by atoms with Crippen molar-refractivity contribution in [3.05, 3.63) is 70.2 Å². The Morgan fingerprint density at radius 1 is 1.24 bits per heavy atom. The van der Waals surface area contributed by atoms with Gasteiger partial charge in [-0.05, 0) is 44.0 Å².